The first-order valence-corrected chi connectivity index (χ1v) is 3.95. The molecule has 0 unspecified atom stereocenters. The van der Waals surface area contributed by atoms with E-state index in [4.69, 9.17) is 0 Å². The van der Waals surface area contributed by atoms with E-state index in [9.17, 15) is 18.0 Å². The van der Waals surface area contributed by atoms with Gasteiger partial charge in [0, 0.05) is 5.69 Å². The van der Waals surface area contributed by atoms with Crippen LogP contribution < -0.4 is 10.6 Å². The SMILES string of the molecule is Cc1ccc(NC(=O)NC(F)(F)F)cn1. The Balaban J connectivity index is 2.55. The molecule has 0 radical (unpaired) electrons. The summed E-state index contributed by atoms with van der Waals surface area (Å²) in [6, 6.07) is 1.69. The van der Waals surface area contributed by atoms with Gasteiger partial charge in [-0.3, -0.25) is 4.98 Å². The Bertz CT molecular complexity index is 347. The Hall–Kier alpha value is -1.79. The summed E-state index contributed by atoms with van der Waals surface area (Å²) in [5.74, 6) is 0. The Morgan fingerprint density at radius 2 is 2.07 bits per heavy atom. The molecule has 0 aliphatic carbocycles. The molecule has 0 saturated carbocycles. The monoisotopic (exact) mass is 219 g/mol. The van der Waals surface area contributed by atoms with Gasteiger partial charge in [0.2, 0.25) is 0 Å². The third-order valence-corrected chi connectivity index (χ3v) is 1.42. The Morgan fingerprint density at radius 3 is 2.53 bits per heavy atom. The predicted molar refractivity (Wildman–Crippen MR) is 47.2 cm³/mol. The molecule has 0 aliphatic rings. The maximum atomic E-state index is 11.7. The molecule has 1 aromatic rings. The van der Waals surface area contributed by atoms with Gasteiger partial charge in [-0.2, -0.15) is 13.2 Å². The zero-order valence-electron chi connectivity index (χ0n) is 7.72. The Labute approximate surface area is 83.5 Å². The maximum Gasteiger partial charge on any atom is 0.485 e. The minimum Gasteiger partial charge on any atom is -0.306 e. The lowest BCUT2D eigenvalue weighted by molar-refractivity contribution is -0.144. The lowest BCUT2D eigenvalue weighted by atomic mass is 10.3. The maximum absolute atomic E-state index is 11.7. The van der Waals surface area contributed by atoms with E-state index in [0.717, 1.165) is 5.32 Å². The van der Waals surface area contributed by atoms with Crippen molar-refractivity contribution in [2.24, 2.45) is 0 Å². The van der Waals surface area contributed by atoms with Crippen molar-refractivity contribution in [2.75, 3.05) is 5.32 Å². The molecule has 0 aliphatic heterocycles. The summed E-state index contributed by atoms with van der Waals surface area (Å²) in [5, 5.41) is 2.80. The zero-order chi connectivity index (χ0) is 11.5. The fourth-order valence-corrected chi connectivity index (χ4v) is 0.833. The van der Waals surface area contributed by atoms with Crippen LogP contribution in [-0.4, -0.2) is 17.3 Å². The van der Waals surface area contributed by atoms with Crippen LogP contribution in [0.4, 0.5) is 23.7 Å². The highest BCUT2D eigenvalue weighted by molar-refractivity contribution is 5.89. The van der Waals surface area contributed by atoms with E-state index in [0.29, 0.717) is 5.69 Å². The van der Waals surface area contributed by atoms with Gasteiger partial charge in [-0.1, -0.05) is 0 Å². The van der Waals surface area contributed by atoms with E-state index < -0.39 is 12.3 Å². The van der Waals surface area contributed by atoms with E-state index >= 15 is 0 Å². The summed E-state index contributed by atoms with van der Waals surface area (Å²) in [6.45, 7) is 1.72. The fourth-order valence-electron chi connectivity index (χ4n) is 0.833. The molecule has 2 N–H and O–H groups in total. The Kier molecular flexibility index (Phi) is 3.13. The molecule has 0 bridgehead atoms. The molecule has 4 nitrogen and oxygen atoms in total. The van der Waals surface area contributed by atoms with Crippen LogP contribution in [0.2, 0.25) is 0 Å². The van der Waals surface area contributed by atoms with Gasteiger partial charge >= 0.3 is 12.3 Å². The van der Waals surface area contributed by atoms with Gasteiger partial charge in [0.15, 0.2) is 0 Å². The van der Waals surface area contributed by atoms with Crippen LogP contribution in [0.25, 0.3) is 0 Å². The number of pyridine rings is 1. The van der Waals surface area contributed by atoms with Crippen molar-refractivity contribution in [2.45, 2.75) is 13.2 Å². The standard InChI is InChI=1S/C8H8F3N3O/c1-5-2-3-6(4-12-5)13-7(15)14-8(9,10)11/h2-4H,1H3,(H2,13,14,15). The number of rotatable bonds is 1. The lowest BCUT2D eigenvalue weighted by Gasteiger charge is -2.09. The van der Waals surface area contributed by atoms with Crippen LogP contribution in [0.5, 0.6) is 0 Å². The van der Waals surface area contributed by atoms with Crippen LogP contribution in [0.1, 0.15) is 5.69 Å². The van der Waals surface area contributed by atoms with Crippen molar-refractivity contribution in [3.8, 4) is 0 Å². The average molecular weight is 219 g/mol. The molecule has 0 atom stereocenters. The number of anilines is 1. The molecule has 0 spiro atoms. The van der Waals surface area contributed by atoms with Crippen LogP contribution in [0, 0.1) is 6.92 Å². The number of aryl methyl sites for hydroxylation is 1. The largest absolute Gasteiger partial charge is 0.485 e. The van der Waals surface area contributed by atoms with Crippen molar-refractivity contribution < 1.29 is 18.0 Å². The number of amides is 2. The molecule has 1 aromatic heterocycles. The third kappa shape index (κ3) is 4.30. The van der Waals surface area contributed by atoms with Crippen molar-refractivity contribution >= 4 is 11.7 Å². The van der Waals surface area contributed by atoms with E-state index in [-0.39, 0.29) is 5.69 Å². The molecule has 1 heterocycles. The number of hydrogen-bond donors (Lipinski definition) is 2. The summed E-state index contributed by atoms with van der Waals surface area (Å²) >= 11 is 0. The van der Waals surface area contributed by atoms with E-state index in [1.807, 2.05) is 5.32 Å². The van der Waals surface area contributed by atoms with Crippen LogP contribution in [-0.2, 0) is 0 Å². The minimum absolute atomic E-state index is 0.197. The number of urea groups is 1. The van der Waals surface area contributed by atoms with Crippen LogP contribution in [0.3, 0.4) is 0 Å². The lowest BCUT2D eigenvalue weighted by Crippen LogP contribution is -2.40. The fraction of sp³-hybridized carbons (Fsp3) is 0.250. The second-order valence-corrected chi connectivity index (χ2v) is 2.77. The van der Waals surface area contributed by atoms with Gasteiger partial charge in [-0.15, -0.1) is 0 Å². The molecule has 15 heavy (non-hydrogen) atoms. The van der Waals surface area contributed by atoms with Crippen molar-refractivity contribution in [1.29, 1.82) is 0 Å². The normalized spacial score (nSPS) is 10.9. The van der Waals surface area contributed by atoms with Gasteiger partial charge < -0.3 is 5.32 Å². The van der Waals surface area contributed by atoms with Crippen molar-refractivity contribution in [3.05, 3.63) is 24.0 Å². The number of carbonyl (C=O) groups is 1. The smallest absolute Gasteiger partial charge is 0.306 e. The van der Waals surface area contributed by atoms with Gasteiger partial charge in [-0.05, 0) is 19.1 Å². The topological polar surface area (TPSA) is 54.0 Å². The molecule has 0 saturated heterocycles. The van der Waals surface area contributed by atoms with Crippen molar-refractivity contribution in [3.63, 3.8) is 0 Å². The summed E-state index contributed by atoms with van der Waals surface area (Å²) in [4.78, 5) is 14.5. The highest BCUT2D eigenvalue weighted by Crippen LogP contribution is 2.10. The third-order valence-electron chi connectivity index (χ3n) is 1.42. The first-order valence-electron chi connectivity index (χ1n) is 3.95. The molecular weight excluding hydrogens is 211 g/mol. The van der Waals surface area contributed by atoms with Crippen LogP contribution in [0.15, 0.2) is 18.3 Å². The van der Waals surface area contributed by atoms with Crippen LogP contribution >= 0.6 is 0 Å². The molecule has 2 amide bonds. The second-order valence-electron chi connectivity index (χ2n) is 2.77. The highest BCUT2D eigenvalue weighted by Gasteiger charge is 2.29. The number of alkyl halides is 3. The molecule has 7 heteroatoms. The first kappa shape index (κ1) is 11.3. The first-order chi connectivity index (χ1) is 6.87. The molecule has 0 fully saturated rings. The number of carbonyl (C=O) groups excluding carboxylic acids is 1. The zero-order valence-corrected chi connectivity index (χ0v) is 7.72. The summed E-state index contributed by atoms with van der Waals surface area (Å²) in [7, 11) is 0. The van der Waals surface area contributed by atoms with E-state index in [1.54, 1.807) is 13.0 Å². The van der Waals surface area contributed by atoms with Crippen molar-refractivity contribution in [1.82, 2.24) is 10.3 Å². The number of halogens is 3. The number of nitrogens with zero attached hydrogens (tertiary/aromatic N) is 1. The van der Waals surface area contributed by atoms with E-state index in [2.05, 4.69) is 4.98 Å². The number of nitrogens with one attached hydrogen (secondary N) is 2. The summed E-state index contributed by atoms with van der Waals surface area (Å²) in [5.41, 5.74) is 0.902. The van der Waals surface area contributed by atoms with E-state index in [1.165, 1.54) is 12.3 Å². The average Bonchev–Trinajstić information content (AvgIpc) is 2.05. The number of aromatic nitrogens is 1. The Morgan fingerprint density at radius 1 is 1.40 bits per heavy atom. The number of hydrogen-bond acceptors (Lipinski definition) is 2. The molecule has 1 rings (SSSR count). The summed E-state index contributed by atoms with van der Waals surface area (Å²) < 4.78 is 35.1. The quantitative estimate of drug-likeness (QED) is 0.710. The van der Waals surface area contributed by atoms with Gasteiger partial charge in [0.1, 0.15) is 0 Å². The summed E-state index contributed by atoms with van der Waals surface area (Å²) in [6.07, 6.45) is -3.46. The molecular formula is C8H8F3N3O. The molecule has 82 valence electrons. The highest BCUT2D eigenvalue weighted by atomic mass is 19.4. The second kappa shape index (κ2) is 4.16. The van der Waals surface area contributed by atoms with Gasteiger partial charge in [0.25, 0.3) is 0 Å². The van der Waals surface area contributed by atoms with Gasteiger partial charge in [-0.25, -0.2) is 10.1 Å². The minimum atomic E-state index is -4.73. The van der Waals surface area contributed by atoms with Gasteiger partial charge in [0.05, 0.1) is 11.9 Å². The predicted octanol–water partition coefficient (Wildman–Crippen LogP) is 2.03. The molecule has 0 aromatic carbocycles.